The molecule has 1 aromatic heterocycles. The molecule has 1 unspecified atom stereocenters. The number of nitrogens with one attached hydrogen (secondary N) is 1. The summed E-state index contributed by atoms with van der Waals surface area (Å²) in [5, 5.41) is 14.5. The number of primary amides is 1. The van der Waals surface area contributed by atoms with Gasteiger partial charge in [-0.05, 0) is 142 Å². The summed E-state index contributed by atoms with van der Waals surface area (Å²) in [7, 11) is 0. The Bertz CT molecular complexity index is 1670. The molecule has 3 aliphatic carbocycles. The van der Waals surface area contributed by atoms with E-state index in [2.05, 4.69) is 36.3 Å². The Morgan fingerprint density at radius 1 is 1.12 bits per heavy atom. The smallest absolute Gasteiger partial charge is 0.329 e. The van der Waals surface area contributed by atoms with Crippen LogP contribution in [0.4, 0.5) is 5.69 Å². The van der Waals surface area contributed by atoms with Crippen LogP contribution in [0.1, 0.15) is 107 Å². The van der Waals surface area contributed by atoms with E-state index in [1.165, 1.54) is 28.8 Å². The summed E-state index contributed by atoms with van der Waals surface area (Å²) in [6.07, 6.45) is 10.2. The zero-order valence-electron chi connectivity index (χ0n) is 29.0. The van der Waals surface area contributed by atoms with Crippen LogP contribution in [0.15, 0.2) is 54.7 Å². The van der Waals surface area contributed by atoms with E-state index < -0.39 is 11.5 Å². The molecule has 1 fully saturated rings. The van der Waals surface area contributed by atoms with Gasteiger partial charge in [0.05, 0.1) is 12.7 Å². The van der Waals surface area contributed by atoms with Crippen LogP contribution in [0.25, 0.3) is 0 Å². The molecule has 6 rings (SSSR count). The molecule has 1 spiro atoms. The number of nitrogens with two attached hydrogens (primary N) is 1. The first-order valence-corrected chi connectivity index (χ1v) is 18.3. The summed E-state index contributed by atoms with van der Waals surface area (Å²) in [4.78, 5) is 29.0. The van der Waals surface area contributed by atoms with Crippen LogP contribution in [-0.2, 0) is 27.8 Å². The summed E-state index contributed by atoms with van der Waals surface area (Å²) in [6.45, 7) is 7.12. The molecule has 0 radical (unpaired) electrons. The number of anilines is 1. The summed E-state index contributed by atoms with van der Waals surface area (Å²) < 4.78 is 12.9. The predicted octanol–water partition coefficient (Wildman–Crippen LogP) is 8.23. The van der Waals surface area contributed by atoms with Crippen LogP contribution in [0.3, 0.4) is 0 Å². The van der Waals surface area contributed by atoms with E-state index in [4.69, 9.17) is 26.8 Å². The summed E-state index contributed by atoms with van der Waals surface area (Å²) in [5.74, 6) is 1.63. The van der Waals surface area contributed by atoms with E-state index in [1.54, 1.807) is 12.1 Å². The Morgan fingerprint density at radius 2 is 1.92 bits per heavy atom. The molecule has 3 aliphatic rings. The molecule has 1 amide bonds. The van der Waals surface area contributed by atoms with Gasteiger partial charge in [0, 0.05) is 34.6 Å². The summed E-state index contributed by atoms with van der Waals surface area (Å²) in [6, 6.07) is 15.7. The maximum Gasteiger partial charge on any atom is 0.329 e. The number of benzene rings is 2. The van der Waals surface area contributed by atoms with Crippen LogP contribution in [0.5, 0.6) is 11.5 Å². The quantitative estimate of drug-likeness (QED) is 0.165. The average Bonchev–Trinajstić information content (AvgIpc) is 3.35. The molecule has 4 atom stereocenters. The maximum absolute atomic E-state index is 12.9. The lowest BCUT2D eigenvalue weighted by atomic mass is 9.59. The number of aryl methyl sites for hydroxylation is 1. The third-order valence-corrected chi connectivity index (χ3v) is 11.6. The molecular weight excluding hydrogens is 638 g/mol. The van der Waals surface area contributed by atoms with E-state index >= 15 is 0 Å². The molecule has 2 aromatic carbocycles. The number of amides is 1. The summed E-state index contributed by atoms with van der Waals surface area (Å²) >= 11 is 6.27. The van der Waals surface area contributed by atoms with Crippen molar-refractivity contribution >= 4 is 29.2 Å². The highest BCUT2D eigenvalue weighted by Gasteiger charge is 2.54. The first kappa shape index (κ1) is 35.1. The molecule has 49 heavy (non-hydrogen) atoms. The van der Waals surface area contributed by atoms with E-state index in [-0.39, 0.29) is 23.8 Å². The third kappa shape index (κ3) is 7.54. The van der Waals surface area contributed by atoms with E-state index in [0.29, 0.717) is 54.3 Å². The van der Waals surface area contributed by atoms with Crippen molar-refractivity contribution in [1.29, 1.82) is 0 Å². The lowest BCUT2D eigenvalue weighted by Crippen LogP contribution is -2.53. The number of aromatic nitrogens is 1. The predicted molar refractivity (Wildman–Crippen MR) is 193 cm³/mol. The molecule has 9 heteroatoms. The number of hydrogen-bond donors (Lipinski definition) is 3. The average molecular weight is 688 g/mol. The highest BCUT2D eigenvalue weighted by Crippen LogP contribution is 2.57. The zero-order valence-corrected chi connectivity index (χ0v) is 29.7. The Labute approximate surface area is 295 Å². The monoisotopic (exact) mass is 687 g/mol. The standard InChI is InChI=1S/C40H50ClN3O5/c1-25(24-48-35-14-19-43-34-9-4-6-26(2)37(34)35)20-29-21-28-11-12-32(49-27(3)10-13-36(42)45)23-33(28)39(29)15-17-40(18-16-39,38(46)47)44-31-8-5-7-30(41)22-31/h5,7-8,11-12,14,19,22-23,25-27,29,44H,4,6,9-10,13,15-18,20-21,24H2,1-3H3,(H2,42,45)(H,46,47)/t25-,26-,27?,29+,39?,40?/m1/s1. The van der Waals surface area contributed by atoms with Gasteiger partial charge in [0.15, 0.2) is 0 Å². The number of ether oxygens (including phenoxy) is 2. The van der Waals surface area contributed by atoms with Gasteiger partial charge < -0.3 is 25.6 Å². The van der Waals surface area contributed by atoms with Gasteiger partial charge in [-0.25, -0.2) is 4.79 Å². The number of carboxylic acids is 1. The normalized spacial score (nSPS) is 25.6. The number of aliphatic carboxylic acids is 1. The van der Waals surface area contributed by atoms with Gasteiger partial charge in [-0.3, -0.25) is 9.78 Å². The minimum absolute atomic E-state index is 0.162. The van der Waals surface area contributed by atoms with Crippen molar-refractivity contribution in [3.63, 3.8) is 0 Å². The zero-order chi connectivity index (χ0) is 34.8. The van der Waals surface area contributed by atoms with Gasteiger partial charge in [-0.1, -0.05) is 37.6 Å². The summed E-state index contributed by atoms with van der Waals surface area (Å²) in [5.41, 5.74) is 9.83. The van der Waals surface area contributed by atoms with E-state index in [0.717, 1.165) is 50.0 Å². The lowest BCUT2D eigenvalue weighted by Gasteiger charge is -2.47. The minimum atomic E-state index is -1.09. The first-order valence-electron chi connectivity index (χ1n) is 17.9. The fourth-order valence-electron chi connectivity index (χ4n) is 8.79. The number of carbonyl (C=O) groups is 2. The van der Waals surface area contributed by atoms with Crippen LogP contribution in [-0.4, -0.2) is 40.2 Å². The van der Waals surface area contributed by atoms with Gasteiger partial charge in [0.2, 0.25) is 5.91 Å². The number of hydrogen-bond acceptors (Lipinski definition) is 6. The van der Waals surface area contributed by atoms with Gasteiger partial charge in [-0.2, -0.15) is 0 Å². The van der Waals surface area contributed by atoms with Crippen LogP contribution >= 0.6 is 11.6 Å². The second kappa shape index (κ2) is 14.6. The number of carboxylic acid groups (broad SMARTS) is 1. The van der Waals surface area contributed by atoms with Crippen LogP contribution < -0.4 is 20.5 Å². The Morgan fingerprint density at radius 3 is 2.65 bits per heavy atom. The second-order valence-corrected chi connectivity index (χ2v) is 15.4. The Balaban J connectivity index is 1.24. The molecule has 4 N–H and O–H groups in total. The number of nitrogens with zero attached hydrogens (tertiary/aromatic N) is 1. The second-order valence-electron chi connectivity index (χ2n) is 14.9. The number of rotatable bonds is 13. The van der Waals surface area contributed by atoms with E-state index in [9.17, 15) is 14.7 Å². The van der Waals surface area contributed by atoms with Crippen molar-refractivity contribution in [2.75, 3.05) is 11.9 Å². The van der Waals surface area contributed by atoms with Gasteiger partial charge in [0.25, 0.3) is 0 Å². The molecule has 8 nitrogen and oxygen atoms in total. The molecule has 0 aliphatic heterocycles. The molecule has 1 heterocycles. The van der Waals surface area contributed by atoms with Crippen molar-refractivity contribution in [2.24, 2.45) is 17.6 Å². The molecule has 3 aromatic rings. The topological polar surface area (TPSA) is 124 Å². The van der Waals surface area contributed by atoms with Crippen molar-refractivity contribution in [1.82, 2.24) is 4.98 Å². The Hall–Kier alpha value is -3.78. The molecule has 0 bridgehead atoms. The highest BCUT2D eigenvalue weighted by atomic mass is 35.5. The fourth-order valence-corrected chi connectivity index (χ4v) is 8.98. The molecule has 1 saturated carbocycles. The van der Waals surface area contributed by atoms with Crippen LogP contribution in [0.2, 0.25) is 5.02 Å². The van der Waals surface area contributed by atoms with Crippen molar-refractivity contribution in [3.05, 3.63) is 82.1 Å². The van der Waals surface area contributed by atoms with Gasteiger partial charge in [-0.15, -0.1) is 0 Å². The van der Waals surface area contributed by atoms with Crippen molar-refractivity contribution in [3.8, 4) is 11.5 Å². The molecule has 262 valence electrons. The lowest BCUT2D eigenvalue weighted by molar-refractivity contribution is -0.144. The number of fused-ring (bicyclic) bond motifs is 3. The highest BCUT2D eigenvalue weighted by molar-refractivity contribution is 6.30. The van der Waals surface area contributed by atoms with Gasteiger partial charge in [0.1, 0.15) is 17.0 Å². The van der Waals surface area contributed by atoms with Crippen molar-refractivity contribution < 1.29 is 24.2 Å². The van der Waals surface area contributed by atoms with Gasteiger partial charge >= 0.3 is 5.97 Å². The number of halogens is 1. The van der Waals surface area contributed by atoms with E-state index in [1.807, 2.05) is 37.4 Å². The van der Waals surface area contributed by atoms with Crippen molar-refractivity contribution in [2.45, 2.75) is 114 Å². The Kier molecular flexibility index (Phi) is 10.4. The SMILES string of the molecule is CC(CCC(N)=O)Oc1ccc2c(c1)C1(CCC(Nc3cccc(Cl)c3)(C(=O)O)CC1)[C@@H](C[C@@H](C)COc1ccnc3c1[C@H](C)CCC3)C2. The van der Waals surface area contributed by atoms with Crippen LogP contribution in [0, 0.1) is 11.8 Å². The largest absolute Gasteiger partial charge is 0.493 e. The minimum Gasteiger partial charge on any atom is -0.493 e. The number of carbonyl (C=O) groups excluding carboxylic acids is 1. The number of pyridine rings is 1. The fraction of sp³-hybridized carbons (Fsp3) is 0.525. The maximum atomic E-state index is 12.9. The first-order chi connectivity index (χ1) is 23.5. The molecular formula is C40H50ClN3O5. The third-order valence-electron chi connectivity index (χ3n) is 11.4. The molecule has 0 saturated heterocycles.